The monoisotopic (exact) mass is 267 g/mol. The zero-order valence-electron chi connectivity index (χ0n) is 10.4. The van der Waals surface area contributed by atoms with Crippen molar-refractivity contribution in [2.75, 3.05) is 0 Å². The van der Waals surface area contributed by atoms with Gasteiger partial charge in [0.15, 0.2) is 6.29 Å². The topological polar surface area (TPSA) is 43.1 Å². The van der Waals surface area contributed by atoms with Gasteiger partial charge in [-0.05, 0) is 35.4 Å². The molecule has 98 valence electrons. The molecule has 4 heteroatoms. The molecule has 20 heavy (non-hydrogen) atoms. The molecule has 0 saturated heterocycles. The summed E-state index contributed by atoms with van der Waals surface area (Å²) >= 11 is 0. The molecule has 3 nitrogen and oxygen atoms in total. The molecule has 1 aromatic carbocycles. The van der Waals surface area contributed by atoms with E-state index < -0.39 is 5.95 Å². The number of halogens is 1. The lowest BCUT2D eigenvalue weighted by atomic mass is 9.97. The van der Waals surface area contributed by atoms with E-state index in [1.165, 1.54) is 12.3 Å². The summed E-state index contributed by atoms with van der Waals surface area (Å²) in [5.74, 6) is -0.520. The molecule has 0 amide bonds. The van der Waals surface area contributed by atoms with Gasteiger partial charge in [-0.25, -0.2) is 4.98 Å². The summed E-state index contributed by atoms with van der Waals surface area (Å²) in [5, 5.41) is 0. The number of pyridine rings is 1. The van der Waals surface area contributed by atoms with Gasteiger partial charge in [0.25, 0.3) is 0 Å². The van der Waals surface area contributed by atoms with Crippen LogP contribution in [0.2, 0.25) is 0 Å². The fourth-order valence-corrected chi connectivity index (χ4v) is 2.05. The van der Waals surface area contributed by atoms with Crippen LogP contribution < -0.4 is 0 Å². The number of nitrogens with zero attached hydrogens (tertiary/aromatic N) is 1. The van der Waals surface area contributed by atoms with Crippen molar-refractivity contribution in [2.24, 2.45) is 0 Å². The van der Waals surface area contributed by atoms with Crippen molar-refractivity contribution in [1.29, 1.82) is 0 Å². The number of benzene rings is 1. The summed E-state index contributed by atoms with van der Waals surface area (Å²) in [4.78, 5) is 14.8. The maximum absolute atomic E-state index is 12.9. The minimum atomic E-state index is -0.520. The van der Waals surface area contributed by atoms with Gasteiger partial charge in [-0.2, -0.15) is 4.39 Å². The van der Waals surface area contributed by atoms with Gasteiger partial charge in [-0.3, -0.25) is 4.79 Å². The Balaban J connectivity index is 2.12. The van der Waals surface area contributed by atoms with Gasteiger partial charge >= 0.3 is 0 Å². The molecule has 0 aliphatic rings. The minimum Gasteiger partial charge on any atom is -0.472 e. The molecule has 0 saturated carbocycles. The lowest BCUT2D eigenvalue weighted by Crippen LogP contribution is -1.89. The van der Waals surface area contributed by atoms with Gasteiger partial charge in [0.1, 0.15) is 0 Å². The maximum Gasteiger partial charge on any atom is 0.212 e. The van der Waals surface area contributed by atoms with Gasteiger partial charge in [0.2, 0.25) is 5.95 Å². The molecule has 0 aliphatic heterocycles. The van der Waals surface area contributed by atoms with E-state index in [0.717, 1.165) is 28.5 Å². The van der Waals surface area contributed by atoms with Crippen LogP contribution in [0, 0.1) is 5.95 Å². The maximum atomic E-state index is 12.9. The van der Waals surface area contributed by atoms with Crippen LogP contribution >= 0.6 is 0 Å². The highest BCUT2D eigenvalue weighted by Gasteiger charge is 2.08. The van der Waals surface area contributed by atoms with Crippen LogP contribution in [0.4, 0.5) is 4.39 Å². The van der Waals surface area contributed by atoms with Crippen molar-refractivity contribution < 1.29 is 13.6 Å². The predicted octanol–water partition coefficient (Wildman–Crippen LogP) is 3.96. The molecule has 2 heterocycles. The first kappa shape index (κ1) is 12.3. The van der Waals surface area contributed by atoms with Crippen LogP contribution in [0.3, 0.4) is 0 Å². The average molecular weight is 267 g/mol. The largest absolute Gasteiger partial charge is 0.472 e. The average Bonchev–Trinajstić information content (AvgIpc) is 3.01. The van der Waals surface area contributed by atoms with Crippen LogP contribution in [0.5, 0.6) is 0 Å². The van der Waals surface area contributed by atoms with Gasteiger partial charge in [0.05, 0.1) is 12.5 Å². The van der Waals surface area contributed by atoms with E-state index in [1.54, 1.807) is 30.7 Å². The van der Waals surface area contributed by atoms with Crippen molar-refractivity contribution in [3.63, 3.8) is 0 Å². The highest BCUT2D eigenvalue weighted by Crippen LogP contribution is 2.29. The predicted molar refractivity (Wildman–Crippen MR) is 72.7 cm³/mol. The molecule has 0 unspecified atom stereocenters. The third kappa shape index (κ3) is 2.23. The van der Waals surface area contributed by atoms with Crippen molar-refractivity contribution in [3.05, 3.63) is 66.6 Å². The first-order chi connectivity index (χ1) is 9.78. The summed E-state index contributed by atoms with van der Waals surface area (Å²) in [7, 11) is 0. The van der Waals surface area contributed by atoms with Crippen LogP contribution in [0.1, 0.15) is 10.4 Å². The van der Waals surface area contributed by atoms with E-state index in [1.807, 2.05) is 12.1 Å². The van der Waals surface area contributed by atoms with E-state index in [-0.39, 0.29) is 0 Å². The molecular formula is C16H10FNO2. The number of aromatic nitrogens is 1. The molecule has 0 fully saturated rings. The summed E-state index contributed by atoms with van der Waals surface area (Å²) in [6, 6.07) is 10.1. The molecular weight excluding hydrogens is 257 g/mol. The van der Waals surface area contributed by atoms with E-state index in [0.29, 0.717) is 5.56 Å². The Labute approximate surface area is 114 Å². The molecule has 0 aliphatic carbocycles. The molecule has 0 radical (unpaired) electrons. The van der Waals surface area contributed by atoms with Crippen LogP contribution in [-0.4, -0.2) is 11.3 Å². The molecule has 2 aromatic heterocycles. The molecule has 3 rings (SSSR count). The third-order valence-electron chi connectivity index (χ3n) is 3.07. The highest BCUT2D eigenvalue weighted by atomic mass is 19.1. The number of aldehydes is 1. The number of hydrogen-bond acceptors (Lipinski definition) is 3. The number of hydrogen-bond donors (Lipinski definition) is 0. The SMILES string of the molecule is O=Cc1ccc(-c2ccc(F)nc2)cc1-c1ccoc1. The second kappa shape index (κ2) is 5.09. The smallest absolute Gasteiger partial charge is 0.212 e. The summed E-state index contributed by atoms with van der Waals surface area (Å²) in [6.45, 7) is 0. The Bertz CT molecular complexity index is 734. The lowest BCUT2D eigenvalue weighted by molar-refractivity contribution is 0.112. The Morgan fingerprint density at radius 1 is 1.05 bits per heavy atom. The van der Waals surface area contributed by atoms with Crippen LogP contribution in [0.15, 0.2) is 59.5 Å². The highest BCUT2D eigenvalue weighted by molar-refractivity contribution is 5.89. The van der Waals surface area contributed by atoms with Gasteiger partial charge < -0.3 is 4.42 Å². The standard InChI is InChI=1S/C16H10FNO2/c17-16-4-3-12(8-18-16)11-1-2-13(9-19)15(7-11)14-5-6-20-10-14/h1-10H. The Morgan fingerprint density at radius 2 is 1.90 bits per heavy atom. The molecule has 3 aromatic rings. The fraction of sp³-hybridized carbons (Fsp3) is 0. The first-order valence-corrected chi connectivity index (χ1v) is 6.01. The molecule has 0 spiro atoms. The lowest BCUT2D eigenvalue weighted by Gasteiger charge is -2.06. The Morgan fingerprint density at radius 3 is 2.55 bits per heavy atom. The van der Waals surface area contributed by atoms with Crippen LogP contribution in [-0.2, 0) is 0 Å². The van der Waals surface area contributed by atoms with Gasteiger partial charge in [-0.1, -0.05) is 12.1 Å². The fourth-order valence-electron chi connectivity index (χ4n) is 2.05. The quantitative estimate of drug-likeness (QED) is 0.533. The van der Waals surface area contributed by atoms with Gasteiger partial charge in [0, 0.05) is 22.9 Å². The normalized spacial score (nSPS) is 10.4. The third-order valence-corrected chi connectivity index (χ3v) is 3.07. The molecule has 0 N–H and O–H groups in total. The van der Waals surface area contributed by atoms with Crippen molar-refractivity contribution in [2.45, 2.75) is 0 Å². The summed E-state index contributed by atoms with van der Waals surface area (Å²) < 4.78 is 17.9. The number of furan rings is 1. The van der Waals surface area contributed by atoms with Gasteiger partial charge in [-0.15, -0.1) is 0 Å². The van der Waals surface area contributed by atoms with E-state index in [4.69, 9.17) is 4.42 Å². The Hall–Kier alpha value is -2.75. The van der Waals surface area contributed by atoms with E-state index >= 15 is 0 Å². The van der Waals surface area contributed by atoms with Crippen molar-refractivity contribution >= 4 is 6.29 Å². The summed E-state index contributed by atoms with van der Waals surface area (Å²) in [6.07, 6.45) is 5.39. The first-order valence-electron chi connectivity index (χ1n) is 6.01. The van der Waals surface area contributed by atoms with E-state index in [2.05, 4.69) is 4.98 Å². The van der Waals surface area contributed by atoms with Crippen LogP contribution in [0.25, 0.3) is 22.3 Å². The number of carbonyl (C=O) groups excluding carboxylic acids is 1. The number of carbonyl (C=O) groups is 1. The Kier molecular flexibility index (Phi) is 3.13. The molecule has 0 bridgehead atoms. The minimum absolute atomic E-state index is 0.520. The number of rotatable bonds is 3. The summed E-state index contributed by atoms with van der Waals surface area (Å²) in [5.41, 5.74) is 3.82. The second-order valence-corrected chi connectivity index (χ2v) is 4.30. The zero-order chi connectivity index (χ0) is 13.9. The van der Waals surface area contributed by atoms with Crippen molar-refractivity contribution in [1.82, 2.24) is 4.98 Å². The molecule has 0 atom stereocenters. The van der Waals surface area contributed by atoms with Crippen molar-refractivity contribution in [3.8, 4) is 22.3 Å². The zero-order valence-corrected chi connectivity index (χ0v) is 10.4. The van der Waals surface area contributed by atoms with E-state index in [9.17, 15) is 9.18 Å². The second-order valence-electron chi connectivity index (χ2n) is 4.30.